The van der Waals surface area contributed by atoms with E-state index in [-0.39, 0.29) is 0 Å². The highest BCUT2D eigenvalue weighted by molar-refractivity contribution is 9.36. The summed E-state index contributed by atoms with van der Waals surface area (Å²) in [5.41, 5.74) is 0.880. The lowest BCUT2D eigenvalue weighted by Gasteiger charge is -1.97. The second-order valence-corrected chi connectivity index (χ2v) is 4.00. The molecule has 0 saturated heterocycles. The van der Waals surface area contributed by atoms with E-state index < -0.39 is 0 Å². The highest BCUT2D eigenvalue weighted by atomic mass is 79.9. The Hall–Kier alpha value is 0.910. The maximum atomic E-state index is 3.40. The topological polar surface area (TPSA) is 0 Å². The molecule has 0 aliphatic rings. The maximum absolute atomic E-state index is 3.40. The second-order valence-electron chi connectivity index (χ2n) is 1.42. The molecule has 0 aromatic heterocycles. The molecule has 0 aromatic carbocycles. The van der Waals surface area contributed by atoms with E-state index in [1.54, 1.807) is 0 Å². The molecule has 0 amide bonds. The summed E-state index contributed by atoms with van der Waals surface area (Å²) in [5.74, 6) is 0. The summed E-state index contributed by atoms with van der Waals surface area (Å²) in [6, 6.07) is 0. The molecule has 6 heavy (non-hydrogen) atoms. The number of rotatable bonds is 2. The van der Waals surface area contributed by atoms with Crippen LogP contribution in [0, 0.1) is 0 Å². The van der Waals surface area contributed by atoms with Crippen LogP contribution >= 0.6 is 22.8 Å². The summed E-state index contributed by atoms with van der Waals surface area (Å²) in [5, 5.41) is 0. The molecule has 0 bridgehead atoms. The van der Waals surface area contributed by atoms with E-state index in [1.807, 2.05) is 0 Å². The smallest absolute Gasteiger partial charge is 0.0169 e. The van der Waals surface area contributed by atoms with Crippen LogP contribution in [0.4, 0.5) is 0 Å². The van der Waals surface area contributed by atoms with Crippen molar-refractivity contribution in [3.05, 3.63) is 0 Å². The minimum absolute atomic E-state index is 0.880. The molecule has 0 heterocycles. The zero-order chi connectivity index (χ0) is 4.99. The molecular formula is C4H10BrP. The second kappa shape index (κ2) is 4.08. The summed E-state index contributed by atoms with van der Waals surface area (Å²) >= 11 is 3.40. The van der Waals surface area contributed by atoms with Crippen LogP contribution in [0.5, 0.6) is 0 Å². The van der Waals surface area contributed by atoms with Crippen molar-refractivity contribution in [2.75, 3.05) is 0 Å². The number of hydrogen-bond acceptors (Lipinski definition) is 0. The third-order valence-electron chi connectivity index (χ3n) is 0.799. The highest BCUT2D eigenvalue weighted by Gasteiger charge is 1.90. The molecule has 2 atom stereocenters. The Bertz CT molecular complexity index is 26.7. The average molecular weight is 169 g/mol. The Morgan fingerprint density at radius 1 is 1.83 bits per heavy atom. The van der Waals surface area contributed by atoms with Gasteiger partial charge in [-0.2, -0.15) is 0 Å². The van der Waals surface area contributed by atoms with Crippen molar-refractivity contribution in [2.45, 2.75) is 25.9 Å². The van der Waals surface area contributed by atoms with E-state index >= 15 is 0 Å². The van der Waals surface area contributed by atoms with Crippen LogP contribution in [0.1, 0.15) is 20.3 Å². The Morgan fingerprint density at radius 2 is 2.33 bits per heavy atom. The number of halogens is 1. The fourth-order valence-electron chi connectivity index (χ4n) is 0.0772. The zero-order valence-corrected chi connectivity index (χ0v) is 6.75. The third kappa shape index (κ3) is 3.11. The van der Waals surface area contributed by atoms with Crippen LogP contribution in [-0.4, -0.2) is 5.66 Å². The summed E-state index contributed by atoms with van der Waals surface area (Å²) < 4.78 is 0. The molecule has 2 unspecified atom stereocenters. The van der Waals surface area contributed by atoms with Crippen molar-refractivity contribution in [1.29, 1.82) is 0 Å². The van der Waals surface area contributed by atoms with Gasteiger partial charge in [0.25, 0.3) is 0 Å². The van der Waals surface area contributed by atoms with Gasteiger partial charge in [-0.1, -0.05) is 29.3 Å². The Kier molecular flexibility index (Phi) is 4.70. The molecule has 0 aromatic rings. The van der Waals surface area contributed by atoms with Gasteiger partial charge in [-0.3, -0.25) is 0 Å². The first-order chi connectivity index (χ1) is 2.81. The largest absolute Gasteiger partial charge is 0.0648 e. The zero-order valence-electron chi connectivity index (χ0n) is 4.16. The summed E-state index contributed by atoms with van der Waals surface area (Å²) in [6.07, 6.45) is 1.30. The van der Waals surface area contributed by atoms with Gasteiger partial charge in [0, 0.05) is 0 Å². The van der Waals surface area contributed by atoms with Gasteiger partial charge in [-0.05, 0) is 19.4 Å². The van der Waals surface area contributed by atoms with Crippen molar-refractivity contribution in [1.82, 2.24) is 0 Å². The van der Waals surface area contributed by atoms with Gasteiger partial charge in [-0.15, -0.1) is 0 Å². The van der Waals surface area contributed by atoms with E-state index in [0.29, 0.717) is 0 Å². The minimum Gasteiger partial charge on any atom is -0.0648 e. The van der Waals surface area contributed by atoms with Gasteiger partial charge in [0.2, 0.25) is 0 Å². The van der Waals surface area contributed by atoms with E-state index in [9.17, 15) is 0 Å². The fourth-order valence-corrected chi connectivity index (χ4v) is 1.20. The van der Waals surface area contributed by atoms with Crippen LogP contribution < -0.4 is 0 Å². The van der Waals surface area contributed by atoms with Crippen molar-refractivity contribution in [3.63, 3.8) is 0 Å². The van der Waals surface area contributed by atoms with Crippen LogP contribution in [0.3, 0.4) is 0 Å². The third-order valence-corrected chi connectivity index (χ3v) is 3.92. The maximum Gasteiger partial charge on any atom is -0.0169 e. The molecule has 0 nitrogen and oxygen atoms in total. The molecule has 0 aliphatic carbocycles. The lowest BCUT2D eigenvalue weighted by atomic mass is 10.4. The SMILES string of the molecule is CCC(C)PBr. The molecule has 38 valence electrons. The predicted octanol–water partition coefficient (Wildman–Crippen LogP) is 2.77. The van der Waals surface area contributed by atoms with Gasteiger partial charge in [0.05, 0.1) is 0 Å². The Morgan fingerprint density at radius 3 is 2.33 bits per heavy atom. The first-order valence-corrected chi connectivity index (χ1v) is 5.50. The molecule has 2 heteroatoms. The van der Waals surface area contributed by atoms with Gasteiger partial charge in [0.15, 0.2) is 0 Å². The van der Waals surface area contributed by atoms with E-state index in [1.165, 1.54) is 6.42 Å². The van der Waals surface area contributed by atoms with Crippen molar-refractivity contribution in [2.24, 2.45) is 0 Å². The van der Waals surface area contributed by atoms with E-state index in [2.05, 4.69) is 29.3 Å². The minimum atomic E-state index is 0.880. The van der Waals surface area contributed by atoms with Crippen LogP contribution in [-0.2, 0) is 0 Å². The van der Waals surface area contributed by atoms with Gasteiger partial charge >= 0.3 is 0 Å². The summed E-state index contributed by atoms with van der Waals surface area (Å²) in [4.78, 5) is 0. The molecule has 0 radical (unpaired) electrons. The fraction of sp³-hybridized carbons (Fsp3) is 1.00. The summed E-state index contributed by atoms with van der Waals surface area (Å²) in [6.45, 7) is 4.45. The van der Waals surface area contributed by atoms with Crippen LogP contribution in [0.25, 0.3) is 0 Å². The Labute approximate surface area is 49.2 Å². The van der Waals surface area contributed by atoms with Crippen molar-refractivity contribution < 1.29 is 0 Å². The molecule has 0 aliphatic heterocycles. The first kappa shape index (κ1) is 6.91. The van der Waals surface area contributed by atoms with Crippen molar-refractivity contribution in [3.8, 4) is 0 Å². The normalized spacial score (nSPS) is 16.5. The van der Waals surface area contributed by atoms with E-state index in [0.717, 1.165) is 12.9 Å². The molecular weight excluding hydrogens is 159 g/mol. The predicted molar refractivity (Wildman–Crippen MR) is 37.0 cm³/mol. The van der Waals surface area contributed by atoms with Gasteiger partial charge < -0.3 is 0 Å². The van der Waals surface area contributed by atoms with Gasteiger partial charge in [0.1, 0.15) is 0 Å². The van der Waals surface area contributed by atoms with Crippen LogP contribution in [0.2, 0.25) is 0 Å². The Balaban J connectivity index is 2.75. The molecule has 0 spiro atoms. The molecule has 0 N–H and O–H groups in total. The lowest BCUT2D eigenvalue weighted by molar-refractivity contribution is 0.906. The summed E-state index contributed by atoms with van der Waals surface area (Å²) in [7, 11) is 0.944. The molecule has 0 saturated carbocycles. The average Bonchev–Trinajstić information content (AvgIpc) is 1.65. The standard InChI is InChI=1S/C4H10BrP/c1-3-4(2)6-5/h4,6H,3H2,1-2H3. The van der Waals surface area contributed by atoms with Crippen molar-refractivity contribution >= 4 is 22.8 Å². The monoisotopic (exact) mass is 168 g/mol. The van der Waals surface area contributed by atoms with Gasteiger partial charge in [-0.25, -0.2) is 0 Å². The molecule has 0 fully saturated rings. The quantitative estimate of drug-likeness (QED) is 0.557. The lowest BCUT2D eigenvalue weighted by Crippen LogP contribution is -1.83. The first-order valence-electron chi connectivity index (χ1n) is 2.17. The van der Waals surface area contributed by atoms with Crippen LogP contribution in [0.15, 0.2) is 0 Å². The van der Waals surface area contributed by atoms with E-state index in [4.69, 9.17) is 0 Å². The highest BCUT2D eigenvalue weighted by Crippen LogP contribution is 2.28. The number of hydrogen-bond donors (Lipinski definition) is 0. The molecule has 0 rings (SSSR count).